The van der Waals surface area contributed by atoms with Crippen molar-refractivity contribution >= 4 is 37.8 Å². The largest absolute Gasteiger partial charge is 0.452 e. The number of rotatable bonds is 7. The molecule has 22 heavy (non-hydrogen) atoms. The molecule has 1 aromatic carbocycles. The van der Waals surface area contributed by atoms with Crippen molar-refractivity contribution in [1.82, 2.24) is 10.0 Å². The summed E-state index contributed by atoms with van der Waals surface area (Å²) >= 11 is 3.14. The molecule has 120 valence electrons. The van der Waals surface area contributed by atoms with E-state index in [2.05, 4.69) is 32.5 Å². The van der Waals surface area contributed by atoms with E-state index in [4.69, 9.17) is 4.74 Å². The predicted molar refractivity (Wildman–Crippen MR) is 83.9 cm³/mol. The fourth-order valence-corrected chi connectivity index (χ4v) is 2.79. The van der Waals surface area contributed by atoms with Crippen molar-refractivity contribution in [1.29, 1.82) is 0 Å². The van der Waals surface area contributed by atoms with Crippen LogP contribution in [0, 0.1) is 0 Å². The Morgan fingerprint density at radius 1 is 1.41 bits per heavy atom. The van der Waals surface area contributed by atoms with Crippen molar-refractivity contribution in [2.45, 2.75) is 4.90 Å². The van der Waals surface area contributed by atoms with Crippen molar-refractivity contribution in [3.63, 3.8) is 0 Å². The van der Waals surface area contributed by atoms with Crippen LogP contribution < -0.4 is 10.0 Å². The lowest BCUT2D eigenvalue weighted by atomic mass is 10.2. The Kier molecular flexibility index (Phi) is 6.72. The third-order valence-electron chi connectivity index (χ3n) is 2.50. The zero-order valence-electron chi connectivity index (χ0n) is 11.8. The number of esters is 1. The molecule has 1 rings (SSSR count). The third-order valence-corrected chi connectivity index (χ3v) is 4.61. The van der Waals surface area contributed by atoms with Gasteiger partial charge in [0.2, 0.25) is 10.0 Å². The Balaban J connectivity index is 3.02. The summed E-state index contributed by atoms with van der Waals surface area (Å²) in [6.45, 7) is 3.03. The molecule has 0 atom stereocenters. The van der Waals surface area contributed by atoms with Crippen LogP contribution in [0.3, 0.4) is 0 Å². The van der Waals surface area contributed by atoms with Gasteiger partial charge in [-0.2, -0.15) is 0 Å². The normalized spacial score (nSPS) is 10.8. The first-order valence-corrected chi connectivity index (χ1v) is 8.37. The van der Waals surface area contributed by atoms with Crippen molar-refractivity contribution in [2.24, 2.45) is 0 Å². The molecule has 0 saturated heterocycles. The average molecular weight is 391 g/mol. The van der Waals surface area contributed by atoms with Crippen LogP contribution in [0.4, 0.5) is 0 Å². The van der Waals surface area contributed by atoms with E-state index in [1.807, 2.05) is 0 Å². The highest BCUT2D eigenvalue weighted by molar-refractivity contribution is 9.10. The second kappa shape index (κ2) is 8.06. The topological polar surface area (TPSA) is 102 Å². The maximum Gasteiger partial charge on any atom is 0.339 e. The summed E-state index contributed by atoms with van der Waals surface area (Å²) in [7, 11) is -2.35. The summed E-state index contributed by atoms with van der Waals surface area (Å²) in [5.74, 6) is -1.28. The van der Waals surface area contributed by atoms with E-state index in [9.17, 15) is 18.0 Å². The summed E-state index contributed by atoms with van der Waals surface area (Å²) in [6, 6.07) is 3.92. The number of carbonyl (C=O) groups excluding carboxylic acids is 2. The monoisotopic (exact) mass is 390 g/mol. The molecule has 0 radical (unpaired) electrons. The molecule has 0 aromatic heterocycles. The summed E-state index contributed by atoms with van der Waals surface area (Å²) in [5.41, 5.74) is 0.00498. The van der Waals surface area contributed by atoms with Crippen molar-refractivity contribution in [3.05, 3.63) is 40.9 Å². The first-order valence-electron chi connectivity index (χ1n) is 6.09. The Morgan fingerprint density at radius 2 is 2.09 bits per heavy atom. The first kappa shape index (κ1) is 18.3. The smallest absolute Gasteiger partial charge is 0.339 e. The van der Waals surface area contributed by atoms with Crippen LogP contribution in [0.1, 0.15) is 10.4 Å². The molecule has 1 amide bonds. The van der Waals surface area contributed by atoms with E-state index in [0.717, 1.165) is 0 Å². The van der Waals surface area contributed by atoms with Gasteiger partial charge in [0, 0.05) is 18.1 Å². The van der Waals surface area contributed by atoms with E-state index in [0.29, 0.717) is 4.47 Å². The third kappa shape index (κ3) is 4.93. The summed E-state index contributed by atoms with van der Waals surface area (Å²) < 4.78 is 31.4. The molecule has 7 nitrogen and oxygen atoms in total. The molecule has 0 aliphatic heterocycles. The van der Waals surface area contributed by atoms with Crippen molar-refractivity contribution < 1.29 is 22.7 Å². The Labute approximate surface area is 136 Å². The Bertz CT molecular complexity index is 688. The molecule has 2 N–H and O–H groups in total. The van der Waals surface area contributed by atoms with Crippen LogP contribution in [0.25, 0.3) is 0 Å². The molecule has 0 spiro atoms. The lowest BCUT2D eigenvalue weighted by Crippen LogP contribution is -2.26. The van der Waals surface area contributed by atoms with Gasteiger partial charge in [0.1, 0.15) is 0 Å². The second-order valence-electron chi connectivity index (χ2n) is 4.03. The van der Waals surface area contributed by atoms with Crippen LogP contribution in [-0.4, -0.2) is 40.5 Å². The predicted octanol–water partition coefficient (Wildman–Crippen LogP) is 0.816. The number of carbonyl (C=O) groups is 2. The standard InChI is InChI=1S/C13H15BrN2O5S/c1-3-6-16-22(19,20)9-4-5-11(14)10(7-9)13(18)21-8-12(17)15-2/h3-5,7,16H,1,6,8H2,2H3,(H,15,17). The minimum absolute atomic E-state index is 0.00498. The number of hydrogen-bond donors (Lipinski definition) is 2. The van der Waals surface area contributed by atoms with E-state index in [1.54, 1.807) is 0 Å². The molecule has 0 fully saturated rings. The van der Waals surface area contributed by atoms with Gasteiger partial charge < -0.3 is 10.1 Å². The maximum absolute atomic E-state index is 12.0. The van der Waals surface area contributed by atoms with Crippen LogP contribution in [-0.2, 0) is 19.6 Å². The van der Waals surface area contributed by atoms with Crippen LogP contribution in [0.2, 0.25) is 0 Å². The maximum atomic E-state index is 12.0. The van der Waals surface area contributed by atoms with Gasteiger partial charge in [-0.25, -0.2) is 17.9 Å². The van der Waals surface area contributed by atoms with Crippen LogP contribution in [0.5, 0.6) is 0 Å². The van der Waals surface area contributed by atoms with Crippen molar-refractivity contribution in [2.75, 3.05) is 20.2 Å². The molecule has 9 heteroatoms. The molecule has 0 aliphatic rings. The first-order chi connectivity index (χ1) is 10.3. The number of hydrogen-bond acceptors (Lipinski definition) is 5. The molecular formula is C13H15BrN2O5S. The summed E-state index contributed by atoms with van der Waals surface area (Å²) in [4.78, 5) is 22.9. The van der Waals surface area contributed by atoms with E-state index in [1.165, 1.54) is 31.3 Å². The number of benzene rings is 1. The zero-order valence-corrected chi connectivity index (χ0v) is 14.2. The quantitative estimate of drug-likeness (QED) is 0.529. The highest BCUT2D eigenvalue weighted by Crippen LogP contribution is 2.22. The van der Waals surface area contributed by atoms with Crippen LogP contribution >= 0.6 is 15.9 Å². The van der Waals surface area contributed by atoms with Crippen molar-refractivity contribution in [3.8, 4) is 0 Å². The number of sulfonamides is 1. The lowest BCUT2D eigenvalue weighted by Gasteiger charge is -2.09. The molecule has 0 heterocycles. The molecule has 0 aliphatic carbocycles. The highest BCUT2D eigenvalue weighted by Gasteiger charge is 2.19. The van der Waals surface area contributed by atoms with Gasteiger partial charge in [-0.3, -0.25) is 4.79 Å². The highest BCUT2D eigenvalue weighted by atomic mass is 79.9. The van der Waals surface area contributed by atoms with Gasteiger partial charge in [-0.1, -0.05) is 6.08 Å². The van der Waals surface area contributed by atoms with E-state index >= 15 is 0 Å². The zero-order chi connectivity index (χ0) is 16.8. The van der Waals surface area contributed by atoms with Gasteiger partial charge in [-0.05, 0) is 34.1 Å². The minimum atomic E-state index is -3.76. The van der Waals surface area contributed by atoms with Gasteiger partial charge in [0.15, 0.2) is 6.61 Å². The van der Waals surface area contributed by atoms with Gasteiger partial charge in [0.25, 0.3) is 5.91 Å². The summed E-state index contributed by atoms with van der Waals surface area (Å²) in [6.07, 6.45) is 1.40. The summed E-state index contributed by atoms with van der Waals surface area (Å²) in [5, 5.41) is 2.30. The van der Waals surface area contributed by atoms with Gasteiger partial charge in [0.05, 0.1) is 10.5 Å². The molecular weight excluding hydrogens is 376 g/mol. The lowest BCUT2D eigenvalue weighted by molar-refractivity contribution is -0.123. The number of amides is 1. The molecule has 0 bridgehead atoms. The number of likely N-dealkylation sites (N-methyl/N-ethyl adjacent to an activating group) is 1. The van der Waals surface area contributed by atoms with Crippen LogP contribution in [0.15, 0.2) is 40.2 Å². The fraction of sp³-hybridized carbons (Fsp3) is 0.231. The number of ether oxygens (including phenoxy) is 1. The molecule has 1 aromatic rings. The fourth-order valence-electron chi connectivity index (χ4n) is 1.36. The second-order valence-corrected chi connectivity index (χ2v) is 6.65. The number of halogens is 1. The number of nitrogens with one attached hydrogen (secondary N) is 2. The van der Waals surface area contributed by atoms with Gasteiger partial charge in [-0.15, -0.1) is 6.58 Å². The SMILES string of the molecule is C=CCNS(=O)(=O)c1ccc(Br)c(C(=O)OCC(=O)NC)c1. The molecule has 0 unspecified atom stereocenters. The Hall–Kier alpha value is -1.71. The van der Waals surface area contributed by atoms with E-state index in [-0.39, 0.29) is 17.0 Å². The van der Waals surface area contributed by atoms with Gasteiger partial charge >= 0.3 is 5.97 Å². The minimum Gasteiger partial charge on any atom is -0.452 e. The van der Waals surface area contributed by atoms with E-state index < -0.39 is 28.5 Å². The average Bonchev–Trinajstić information content (AvgIpc) is 2.50. The molecule has 0 saturated carbocycles. The Morgan fingerprint density at radius 3 is 2.68 bits per heavy atom.